The Hall–Kier alpha value is -17.7. The monoisotopic (exact) mass is 2050 g/mol. The zero-order valence-electron chi connectivity index (χ0n) is 78.6. The number of anilines is 2. The van der Waals surface area contributed by atoms with Crippen LogP contribution in [-0.2, 0) is 102 Å². The van der Waals surface area contributed by atoms with Crippen molar-refractivity contribution in [1.29, 1.82) is 0 Å². The van der Waals surface area contributed by atoms with Crippen molar-refractivity contribution in [2.24, 2.45) is 0 Å². The van der Waals surface area contributed by atoms with Crippen molar-refractivity contribution >= 4 is 71.3 Å². The van der Waals surface area contributed by atoms with Gasteiger partial charge in [0.25, 0.3) is 31.4 Å². The summed E-state index contributed by atoms with van der Waals surface area (Å²) < 4.78 is 159. The fourth-order valence-electron chi connectivity index (χ4n) is 14.9. The molecule has 768 valence electrons. The molecule has 0 radical (unpaired) electrons. The van der Waals surface area contributed by atoms with Gasteiger partial charge in [-0.05, 0) is 212 Å². The molecule has 0 bridgehead atoms. The van der Waals surface area contributed by atoms with E-state index in [4.69, 9.17) is 24.7 Å². The smallest absolute Gasteiger partial charge is 0.444 e. The number of nitro groups is 2. The Morgan fingerprint density at radius 2 is 0.730 bits per heavy atom. The second-order valence-electron chi connectivity index (χ2n) is 34.8. The van der Waals surface area contributed by atoms with E-state index >= 15 is 0 Å². The van der Waals surface area contributed by atoms with E-state index in [2.05, 4.69) is 54.8 Å². The normalized spacial score (nSPS) is 12.9. The van der Waals surface area contributed by atoms with Crippen molar-refractivity contribution in [3.05, 3.63) is 348 Å². The number of carbonyl (C=O) groups excluding carboxylic acids is 8. The van der Waals surface area contributed by atoms with E-state index in [-0.39, 0.29) is 129 Å². The van der Waals surface area contributed by atoms with Crippen molar-refractivity contribution in [2.75, 3.05) is 10.6 Å². The summed E-state index contributed by atoms with van der Waals surface area (Å²) in [5, 5.41) is 23.2. The first-order valence-corrected chi connectivity index (χ1v) is 44.3. The number of nitrogens with zero attached hydrogens (tertiary/aromatic N) is 19. The minimum absolute atomic E-state index is 0. The van der Waals surface area contributed by atoms with Gasteiger partial charge in [-0.25, -0.2) is 64.3 Å². The lowest BCUT2D eigenvalue weighted by Gasteiger charge is -2.24. The molecule has 5 aliphatic heterocycles. The first-order valence-electron chi connectivity index (χ1n) is 44.3. The standard InChI is InChI=1S/C24H16N4O6.C20H15F2N5O3.C20H17F2N5O.C13H16F2N2O2.C13H16N2O3.C10H7F5N2O.CH4/c29-23(33-18-9-3-1-4-10-18)27(24(30)34-19-11-5-2-6-12-19)22-21(28(31)32)14-13-20(26-22)17-8-7-15-25-16-17;21-20(22)17-6-13-10-26(11-14(13)9-24-17)19(28)7-16-18(27(29)30)4-3-15(25-16)12-2-1-5-23-8-12;21-20(22)18-6-13-10-27(11-14(13)9-25-18)19(28)7-17-15(23)3-4-16(26-17)12-2-1-5-24-8-12;1-13(2,3)19-12(18)17-6-8-4-10(11(14)15)16-5-9(8)7-17;1-13(2,3)18-12(17)15-6-9-4-11(8-16)14-5-10(9)7-15;11-8(12)7-1-5-3-17(4-6(5)2-16-7)9(18)10(13,14)15;/h1-16H;1-6,8-9,20H,7,10-11H2;1-6,8-9,20H,7,10-11,23H2;4-5,11H,6-7H2,1-3H3;4-5,8H,6-7H2,1-3H3;1-2,8H,3-4H2;1H4. The molecule has 11 aromatic heterocycles. The lowest BCUT2D eigenvalue weighted by atomic mass is 10.1. The number of aldehydes is 1. The first-order chi connectivity index (χ1) is 69.9. The lowest BCUT2D eigenvalue weighted by molar-refractivity contribution is -0.385. The second kappa shape index (κ2) is 48.1. The highest BCUT2D eigenvalue weighted by Gasteiger charge is 2.45. The van der Waals surface area contributed by atoms with Crippen molar-refractivity contribution in [2.45, 2.75) is 170 Å². The molecule has 0 atom stereocenters. The van der Waals surface area contributed by atoms with Crippen LogP contribution in [0.2, 0.25) is 0 Å². The average molecular weight is 2050 g/mol. The third-order valence-electron chi connectivity index (χ3n) is 21.9. The molecule has 2 aromatic carbocycles. The molecule has 0 spiro atoms. The second-order valence-corrected chi connectivity index (χ2v) is 34.8. The number of alkyl halides is 11. The van der Waals surface area contributed by atoms with Gasteiger partial charge in [-0.15, -0.1) is 0 Å². The zero-order chi connectivity index (χ0) is 106. The Morgan fingerprint density at radius 3 is 1.09 bits per heavy atom. The van der Waals surface area contributed by atoms with E-state index < -0.39 is 94.3 Å². The molecular weight excluding hydrogens is 1960 g/mol. The fourth-order valence-corrected chi connectivity index (χ4v) is 14.9. The molecule has 47 heteroatoms. The molecule has 13 aromatic rings. The number of fused-ring (bicyclic) bond motifs is 5. The maximum atomic E-state index is 13.1. The van der Waals surface area contributed by atoms with Gasteiger partial charge in [0.15, 0.2) is 6.29 Å². The van der Waals surface area contributed by atoms with Gasteiger partial charge in [-0.2, -0.15) is 18.1 Å². The summed E-state index contributed by atoms with van der Waals surface area (Å²) in [5.41, 5.74) is 14.3. The van der Waals surface area contributed by atoms with Gasteiger partial charge >= 0.3 is 42.1 Å². The Balaban J connectivity index is 0.000000160. The molecule has 2 N–H and O–H groups in total. The van der Waals surface area contributed by atoms with Crippen LogP contribution in [0.5, 0.6) is 11.5 Å². The largest absolute Gasteiger partial charge is 0.471 e. The summed E-state index contributed by atoms with van der Waals surface area (Å²) in [7, 11) is 0. The third-order valence-corrected chi connectivity index (χ3v) is 21.9. The number of nitrogens with two attached hydrogens (primary N) is 1. The molecule has 7 amide bonds. The van der Waals surface area contributed by atoms with Gasteiger partial charge in [0.2, 0.25) is 17.6 Å². The topological polar surface area (TPSA) is 447 Å². The van der Waals surface area contributed by atoms with Crippen LogP contribution >= 0.6 is 0 Å². The van der Waals surface area contributed by atoms with Gasteiger partial charge in [0, 0.05) is 149 Å². The van der Waals surface area contributed by atoms with Crippen molar-refractivity contribution in [3.63, 3.8) is 0 Å². The number of para-hydroxylation sites is 2. The predicted molar refractivity (Wildman–Crippen MR) is 508 cm³/mol. The van der Waals surface area contributed by atoms with Gasteiger partial charge < -0.3 is 39.4 Å². The van der Waals surface area contributed by atoms with Gasteiger partial charge in [0.1, 0.15) is 56.9 Å². The summed E-state index contributed by atoms with van der Waals surface area (Å²) in [6.07, 6.45) is -2.00. The number of halogens is 11. The lowest BCUT2D eigenvalue weighted by Crippen LogP contribution is -2.42. The summed E-state index contributed by atoms with van der Waals surface area (Å²) in [4.78, 5) is 170. The molecule has 0 saturated carbocycles. The van der Waals surface area contributed by atoms with Crippen LogP contribution in [0, 0.1) is 20.2 Å². The van der Waals surface area contributed by atoms with Crippen LogP contribution in [0.4, 0.5) is 90.4 Å². The minimum atomic E-state index is -4.96. The van der Waals surface area contributed by atoms with Crippen molar-refractivity contribution < 1.29 is 115 Å². The average Bonchev–Trinajstić information content (AvgIpc) is 1.29. The number of ether oxygens (including phenoxy) is 4. The Kier molecular flexibility index (Phi) is 35.5. The number of aromatic nitrogens is 11. The summed E-state index contributed by atoms with van der Waals surface area (Å²) in [6.45, 7) is 12.8. The first kappa shape index (κ1) is 109. The van der Waals surface area contributed by atoms with E-state index in [0.717, 1.165) is 46.1 Å². The molecule has 0 fully saturated rings. The fraction of sp³-hybridized carbons (Fsp3) is 0.257. The number of hydrogen-bond donors (Lipinski definition) is 1. The maximum Gasteiger partial charge on any atom is 0.471 e. The number of rotatable bonds is 17. The number of benzene rings is 2. The highest BCUT2D eigenvalue weighted by Crippen LogP contribution is 2.38. The van der Waals surface area contributed by atoms with Crippen LogP contribution in [-0.4, -0.2) is 155 Å². The SMILES string of the molecule is C.CC(C)(C)OC(=O)N1Cc2cnc(C(F)F)cc2C1.CC(C)(C)OC(=O)N1Cc2cnc(C=O)cc2C1.Nc1ccc(-c2cccnc2)nc1CC(=O)N1Cc2cnc(C(F)F)cc2C1.O=C(Cc1nc(-c2cccnc2)ccc1[N+](=O)[O-])N1Cc2cnc(C(F)F)cc2C1.O=C(N1Cc2cnc(C(F)F)cc2C1)C(F)(F)F.O=C(Oc1ccccc1)N(C(=O)Oc1ccccc1)c1nc(-c2cccnc2)ccc1[N+](=O)[O-]. The van der Waals surface area contributed by atoms with E-state index in [9.17, 15) is 107 Å². The van der Waals surface area contributed by atoms with E-state index in [1.165, 1.54) is 95.3 Å². The quantitative estimate of drug-likeness (QED) is 0.0383. The minimum Gasteiger partial charge on any atom is -0.444 e. The van der Waals surface area contributed by atoms with Crippen molar-refractivity contribution in [3.8, 4) is 45.3 Å². The summed E-state index contributed by atoms with van der Waals surface area (Å²) in [6, 6.07) is 42.0. The number of hydrogen-bond acceptors (Lipinski definition) is 28. The molecule has 18 rings (SSSR count). The third kappa shape index (κ3) is 28.9. The van der Waals surface area contributed by atoms with Gasteiger partial charge in [-0.3, -0.25) is 94.1 Å². The van der Waals surface area contributed by atoms with E-state index in [1.54, 1.807) is 153 Å². The Morgan fingerprint density at radius 1 is 0.405 bits per heavy atom. The zero-order valence-corrected chi connectivity index (χ0v) is 78.6. The Labute approximate surface area is 836 Å². The molecule has 16 heterocycles. The van der Waals surface area contributed by atoms with Crippen molar-refractivity contribution in [1.82, 2.24) is 79.3 Å². The van der Waals surface area contributed by atoms with Crippen LogP contribution in [0.3, 0.4) is 0 Å². The number of imide groups is 1. The molecule has 36 nitrogen and oxygen atoms in total. The number of amides is 7. The summed E-state index contributed by atoms with van der Waals surface area (Å²) in [5.74, 6) is -2.85. The molecule has 148 heavy (non-hydrogen) atoms. The molecule has 0 aliphatic carbocycles. The molecular formula is C101H91F11N20O16. The van der Waals surface area contributed by atoms with Crippen LogP contribution < -0.4 is 20.1 Å². The van der Waals surface area contributed by atoms with Gasteiger partial charge in [0.05, 0.1) is 64.2 Å². The predicted octanol–water partition coefficient (Wildman–Crippen LogP) is 20.3. The number of carbonyl (C=O) groups is 8. The maximum absolute atomic E-state index is 13.1. The Bertz CT molecular complexity index is 6960. The van der Waals surface area contributed by atoms with E-state index in [0.29, 0.717) is 110 Å². The molecule has 5 aliphatic rings. The van der Waals surface area contributed by atoms with Crippen LogP contribution in [0.1, 0.15) is 175 Å². The van der Waals surface area contributed by atoms with E-state index in [1.807, 2.05) is 26.8 Å². The summed E-state index contributed by atoms with van der Waals surface area (Å²) >= 11 is 0. The molecule has 0 saturated heterocycles. The van der Waals surface area contributed by atoms with Gasteiger partial charge in [-0.1, -0.05) is 43.8 Å². The highest BCUT2D eigenvalue weighted by atomic mass is 19.4. The number of pyridine rings is 11. The highest BCUT2D eigenvalue weighted by molar-refractivity contribution is 6.11. The molecule has 0 unspecified atom stereocenters. The van der Waals surface area contributed by atoms with Crippen LogP contribution in [0.25, 0.3) is 33.8 Å². The number of nitrogen functional groups attached to an aromatic ring is 1. The van der Waals surface area contributed by atoms with Crippen LogP contribution in [0.15, 0.2) is 232 Å².